The van der Waals surface area contributed by atoms with Gasteiger partial charge in [0.1, 0.15) is 0 Å². The van der Waals surface area contributed by atoms with E-state index in [2.05, 4.69) is 10.6 Å². The van der Waals surface area contributed by atoms with E-state index in [-0.39, 0.29) is 16.4 Å². The molecule has 1 heterocycles. The van der Waals surface area contributed by atoms with Gasteiger partial charge in [0.25, 0.3) is 5.91 Å². The molecule has 10 heteroatoms. The van der Waals surface area contributed by atoms with E-state index < -0.39 is 10.0 Å². The van der Waals surface area contributed by atoms with Crippen molar-refractivity contribution in [3.05, 3.63) is 23.8 Å². The molecule has 146 valence electrons. The van der Waals surface area contributed by atoms with Crippen molar-refractivity contribution >= 4 is 21.6 Å². The van der Waals surface area contributed by atoms with Crippen LogP contribution in [0.15, 0.2) is 23.1 Å². The molecule has 4 N–H and O–H groups in total. The SMILES string of the molecule is COCCNCCNC(=O)c1cc(S(N)(=O)=O)ccc1N1CCOCC1. The molecule has 1 aromatic carbocycles. The third kappa shape index (κ3) is 5.92. The minimum Gasteiger partial charge on any atom is -0.383 e. The van der Waals surface area contributed by atoms with Gasteiger partial charge in [0, 0.05) is 45.5 Å². The largest absolute Gasteiger partial charge is 0.383 e. The van der Waals surface area contributed by atoms with Crippen molar-refractivity contribution in [1.29, 1.82) is 0 Å². The highest BCUT2D eigenvalue weighted by Crippen LogP contribution is 2.24. The molecular formula is C16H26N4O5S. The molecule has 26 heavy (non-hydrogen) atoms. The lowest BCUT2D eigenvalue weighted by atomic mass is 10.1. The lowest BCUT2D eigenvalue weighted by Gasteiger charge is -2.30. The summed E-state index contributed by atoms with van der Waals surface area (Å²) < 4.78 is 33.6. The Morgan fingerprint density at radius 1 is 1.27 bits per heavy atom. The zero-order chi connectivity index (χ0) is 19.0. The molecule has 0 spiro atoms. The molecule has 1 aliphatic heterocycles. The molecular weight excluding hydrogens is 360 g/mol. The van der Waals surface area contributed by atoms with Crippen LogP contribution in [0.4, 0.5) is 5.69 Å². The van der Waals surface area contributed by atoms with Crippen LogP contribution in [0.25, 0.3) is 0 Å². The lowest BCUT2D eigenvalue weighted by molar-refractivity contribution is 0.0952. The van der Waals surface area contributed by atoms with Crippen LogP contribution in [-0.2, 0) is 19.5 Å². The number of carbonyl (C=O) groups is 1. The number of anilines is 1. The maximum atomic E-state index is 12.6. The number of rotatable bonds is 9. The summed E-state index contributed by atoms with van der Waals surface area (Å²) in [6, 6.07) is 4.37. The Kier molecular flexibility index (Phi) is 7.79. The summed E-state index contributed by atoms with van der Waals surface area (Å²) in [6.07, 6.45) is 0. The van der Waals surface area contributed by atoms with Crippen LogP contribution in [0, 0.1) is 0 Å². The second-order valence-corrected chi connectivity index (χ2v) is 7.38. The fourth-order valence-electron chi connectivity index (χ4n) is 2.61. The van der Waals surface area contributed by atoms with Crippen LogP contribution >= 0.6 is 0 Å². The smallest absolute Gasteiger partial charge is 0.253 e. The van der Waals surface area contributed by atoms with Gasteiger partial charge < -0.3 is 25.0 Å². The average Bonchev–Trinajstić information content (AvgIpc) is 2.64. The van der Waals surface area contributed by atoms with Gasteiger partial charge in [-0.25, -0.2) is 13.6 Å². The van der Waals surface area contributed by atoms with Crippen LogP contribution in [0.1, 0.15) is 10.4 Å². The van der Waals surface area contributed by atoms with E-state index in [1.807, 2.05) is 4.90 Å². The molecule has 1 saturated heterocycles. The fourth-order valence-corrected chi connectivity index (χ4v) is 3.15. The number of primary sulfonamides is 1. The highest BCUT2D eigenvalue weighted by Gasteiger charge is 2.21. The zero-order valence-corrected chi connectivity index (χ0v) is 15.7. The van der Waals surface area contributed by atoms with Crippen molar-refractivity contribution in [3.8, 4) is 0 Å². The van der Waals surface area contributed by atoms with Crippen molar-refractivity contribution < 1.29 is 22.7 Å². The van der Waals surface area contributed by atoms with Crippen molar-refractivity contribution in [1.82, 2.24) is 10.6 Å². The summed E-state index contributed by atoms with van der Waals surface area (Å²) >= 11 is 0. The van der Waals surface area contributed by atoms with Gasteiger partial charge in [0.15, 0.2) is 0 Å². The molecule has 1 amide bonds. The van der Waals surface area contributed by atoms with E-state index >= 15 is 0 Å². The number of hydrogen-bond acceptors (Lipinski definition) is 7. The number of sulfonamides is 1. The summed E-state index contributed by atoms with van der Waals surface area (Å²) in [7, 11) is -2.27. The van der Waals surface area contributed by atoms with E-state index in [1.165, 1.54) is 12.1 Å². The molecule has 2 rings (SSSR count). The van der Waals surface area contributed by atoms with E-state index in [9.17, 15) is 13.2 Å². The van der Waals surface area contributed by atoms with E-state index in [4.69, 9.17) is 14.6 Å². The van der Waals surface area contributed by atoms with Gasteiger partial charge in [-0.15, -0.1) is 0 Å². The Bertz CT molecular complexity index is 705. The minimum absolute atomic E-state index is 0.0853. The van der Waals surface area contributed by atoms with Crippen molar-refractivity contribution in [3.63, 3.8) is 0 Å². The Hall–Kier alpha value is -1.72. The standard InChI is InChI=1S/C16H26N4O5S/c1-24-9-6-18-4-5-19-16(21)14-12-13(26(17,22)23)2-3-15(14)20-7-10-25-11-8-20/h2-3,12,18H,4-11H2,1H3,(H,19,21)(H2,17,22,23). The van der Waals surface area contributed by atoms with Crippen molar-refractivity contribution in [2.24, 2.45) is 5.14 Å². The summed E-state index contributed by atoms with van der Waals surface area (Å²) in [4.78, 5) is 14.5. The van der Waals surface area contributed by atoms with Gasteiger partial charge in [0.05, 0.1) is 30.3 Å². The maximum Gasteiger partial charge on any atom is 0.253 e. The van der Waals surface area contributed by atoms with Crippen LogP contribution < -0.4 is 20.7 Å². The molecule has 0 unspecified atom stereocenters. The summed E-state index contributed by atoms with van der Waals surface area (Å²) in [5.41, 5.74) is 0.959. The number of methoxy groups -OCH3 is 1. The van der Waals surface area contributed by atoms with Crippen molar-refractivity contribution in [2.45, 2.75) is 4.90 Å². The molecule has 0 aliphatic carbocycles. The van der Waals surface area contributed by atoms with Crippen LogP contribution in [0.5, 0.6) is 0 Å². The third-order valence-corrected chi connectivity index (χ3v) is 4.87. The van der Waals surface area contributed by atoms with Gasteiger partial charge in [0.2, 0.25) is 10.0 Å². The molecule has 0 bridgehead atoms. The van der Waals surface area contributed by atoms with Gasteiger partial charge in [-0.1, -0.05) is 0 Å². The maximum absolute atomic E-state index is 12.6. The zero-order valence-electron chi connectivity index (χ0n) is 14.9. The summed E-state index contributed by atoms with van der Waals surface area (Å²) in [5, 5.41) is 11.1. The normalized spacial score (nSPS) is 15.1. The first kappa shape index (κ1) is 20.6. The first-order chi connectivity index (χ1) is 12.4. The lowest BCUT2D eigenvalue weighted by Crippen LogP contribution is -2.39. The highest BCUT2D eigenvalue weighted by atomic mass is 32.2. The van der Waals surface area contributed by atoms with E-state index in [1.54, 1.807) is 13.2 Å². The number of carbonyl (C=O) groups excluding carboxylic acids is 1. The molecule has 9 nitrogen and oxygen atoms in total. The highest BCUT2D eigenvalue weighted by molar-refractivity contribution is 7.89. The van der Waals surface area contributed by atoms with Gasteiger partial charge in [-0.3, -0.25) is 4.79 Å². The Morgan fingerprint density at radius 2 is 2.00 bits per heavy atom. The fraction of sp³-hybridized carbons (Fsp3) is 0.562. The topological polar surface area (TPSA) is 123 Å². The van der Waals surface area contributed by atoms with E-state index in [0.717, 1.165) is 0 Å². The predicted octanol–water partition coefficient (Wildman–Crippen LogP) is -0.864. The first-order valence-electron chi connectivity index (χ1n) is 8.41. The Labute approximate surface area is 153 Å². The number of benzene rings is 1. The third-order valence-electron chi connectivity index (χ3n) is 3.96. The molecule has 0 atom stereocenters. The molecule has 0 aromatic heterocycles. The van der Waals surface area contributed by atoms with Gasteiger partial charge in [-0.2, -0.15) is 0 Å². The Morgan fingerprint density at radius 3 is 2.65 bits per heavy atom. The predicted molar refractivity (Wildman–Crippen MR) is 97.9 cm³/mol. The molecule has 1 fully saturated rings. The van der Waals surface area contributed by atoms with Gasteiger partial charge in [-0.05, 0) is 18.2 Å². The summed E-state index contributed by atoms with van der Waals surface area (Å²) in [6.45, 7) is 4.64. The number of nitrogens with two attached hydrogens (primary N) is 1. The van der Waals surface area contributed by atoms with Crippen LogP contribution in [-0.4, -0.2) is 74.0 Å². The van der Waals surface area contributed by atoms with Crippen LogP contribution in [0.3, 0.4) is 0 Å². The number of amides is 1. The monoisotopic (exact) mass is 386 g/mol. The number of nitrogens with zero attached hydrogens (tertiary/aromatic N) is 1. The molecule has 1 aromatic rings. The average molecular weight is 386 g/mol. The quantitative estimate of drug-likeness (QED) is 0.472. The first-order valence-corrected chi connectivity index (χ1v) is 9.95. The minimum atomic E-state index is -3.89. The number of hydrogen-bond donors (Lipinski definition) is 3. The second-order valence-electron chi connectivity index (χ2n) is 5.82. The number of nitrogens with one attached hydrogen (secondary N) is 2. The van der Waals surface area contributed by atoms with Gasteiger partial charge >= 0.3 is 0 Å². The number of morpholine rings is 1. The Balaban J connectivity index is 2.12. The second kappa shape index (κ2) is 9.83. The molecule has 0 radical (unpaired) electrons. The molecule has 0 saturated carbocycles. The molecule has 1 aliphatic rings. The summed E-state index contributed by atoms with van der Waals surface area (Å²) in [5.74, 6) is -0.342. The van der Waals surface area contributed by atoms with Crippen LogP contribution in [0.2, 0.25) is 0 Å². The van der Waals surface area contributed by atoms with Crippen molar-refractivity contribution in [2.75, 3.05) is 64.6 Å². The number of ether oxygens (including phenoxy) is 2. The van der Waals surface area contributed by atoms with E-state index in [0.29, 0.717) is 58.2 Å².